The number of rotatable bonds is 5. The van der Waals surface area contributed by atoms with E-state index in [-0.39, 0.29) is 11.9 Å². The average Bonchev–Trinajstić information content (AvgIpc) is 3.41. The second kappa shape index (κ2) is 7.57. The standard InChI is InChI=1S/C17H12Cl2N6O4/c1-7(26)28-6-11(27)22-17-25-24-16(29-17)15-12(8-4-20-21-5-8)9-2-3-10(18)13(19)14(9)23-15/h2-5,23H,6H2,1H3,(H,20,21)(H,22,25,27). The Labute approximate surface area is 172 Å². The number of benzene rings is 1. The van der Waals surface area contributed by atoms with Gasteiger partial charge in [0.1, 0.15) is 5.69 Å². The number of nitrogens with one attached hydrogen (secondary N) is 3. The van der Waals surface area contributed by atoms with Gasteiger partial charge in [-0.2, -0.15) is 5.10 Å². The molecule has 0 saturated heterocycles. The Balaban J connectivity index is 1.74. The minimum absolute atomic E-state index is 0.104. The van der Waals surface area contributed by atoms with Crippen LogP contribution in [0.25, 0.3) is 33.6 Å². The van der Waals surface area contributed by atoms with Crippen LogP contribution in [0.5, 0.6) is 0 Å². The van der Waals surface area contributed by atoms with E-state index in [1.807, 2.05) is 6.07 Å². The topological polar surface area (TPSA) is 139 Å². The van der Waals surface area contributed by atoms with E-state index in [0.29, 0.717) is 26.8 Å². The normalized spacial score (nSPS) is 11.0. The van der Waals surface area contributed by atoms with Gasteiger partial charge in [-0.25, -0.2) is 0 Å². The van der Waals surface area contributed by atoms with E-state index in [2.05, 4.69) is 35.4 Å². The Morgan fingerprint density at radius 2 is 2.10 bits per heavy atom. The van der Waals surface area contributed by atoms with Gasteiger partial charge in [-0.05, 0) is 6.07 Å². The zero-order chi connectivity index (χ0) is 20.5. The molecule has 3 heterocycles. The summed E-state index contributed by atoms with van der Waals surface area (Å²) >= 11 is 12.5. The number of H-pyrrole nitrogens is 2. The van der Waals surface area contributed by atoms with Crippen molar-refractivity contribution < 1.29 is 18.7 Å². The van der Waals surface area contributed by atoms with E-state index >= 15 is 0 Å². The van der Waals surface area contributed by atoms with Gasteiger partial charge in [0.15, 0.2) is 6.61 Å². The molecule has 10 nitrogen and oxygen atoms in total. The smallest absolute Gasteiger partial charge is 0.322 e. The summed E-state index contributed by atoms with van der Waals surface area (Å²) in [5.74, 6) is -1.09. The monoisotopic (exact) mass is 434 g/mol. The number of fused-ring (bicyclic) bond motifs is 1. The van der Waals surface area contributed by atoms with Gasteiger partial charge in [-0.3, -0.25) is 20.0 Å². The maximum atomic E-state index is 11.8. The number of halogens is 2. The molecule has 0 aliphatic carbocycles. The van der Waals surface area contributed by atoms with Gasteiger partial charge in [-0.15, -0.1) is 5.10 Å². The molecule has 4 rings (SSSR count). The molecule has 1 aromatic carbocycles. The molecule has 0 aliphatic rings. The van der Waals surface area contributed by atoms with Crippen molar-refractivity contribution in [2.45, 2.75) is 6.92 Å². The first kappa shape index (κ1) is 19.0. The Morgan fingerprint density at radius 1 is 1.28 bits per heavy atom. The lowest BCUT2D eigenvalue weighted by Crippen LogP contribution is -2.19. The molecule has 148 valence electrons. The lowest BCUT2D eigenvalue weighted by atomic mass is 10.1. The van der Waals surface area contributed by atoms with Crippen LogP contribution in [-0.2, 0) is 14.3 Å². The highest BCUT2D eigenvalue weighted by molar-refractivity contribution is 6.45. The highest BCUT2D eigenvalue weighted by Crippen LogP contribution is 2.41. The van der Waals surface area contributed by atoms with Crippen LogP contribution in [0.2, 0.25) is 10.0 Å². The number of nitrogens with zero attached hydrogens (tertiary/aromatic N) is 3. The maximum absolute atomic E-state index is 11.8. The van der Waals surface area contributed by atoms with E-state index in [0.717, 1.165) is 10.9 Å². The van der Waals surface area contributed by atoms with Crippen molar-refractivity contribution in [2.75, 3.05) is 11.9 Å². The highest BCUT2D eigenvalue weighted by Gasteiger charge is 2.23. The third-order valence-electron chi connectivity index (χ3n) is 3.94. The first-order valence-corrected chi connectivity index (χ1v) is 8.95. The van der Waals surface area contributed by atoms with Crippen molar-refractivity contribution in [1.82, 2.24) is 25.4 Å². The molecule has 0 bridgehead atoms. The fourth-order valence-corrected chi connectivity index (χ4v) is 3.12. The van der Waals surface area contributed by atoms with Crippen LogP contribution in [0.1, 0.15) is 6.92 Å². The maximum Gasteiger partial charge on any atom is 0.322 e. The summed E-state index contributed by atoms with van der Waals surface area (Å²) in [6, 6.07) is 3.34. The van der Waals surface area contributed by atoms with Gasteiger partial charge >= 0.3 is 12.0 Å². The second-order valence-corrected chi connectivity index (χ2v) is 6.67. The predicted molar refractivity (Wildman–Crippen MR) is 104 cm³/mol. The predicted octanol–water partition coefficient (Wildman–Crippen LogP) is 3.42. The summed E-state index contributed by atoms with van der Waals surface area (Å²) in [5, 5.41) is 18.4. The Hall–Kier alpha value is -3.37. The van der Waals surface area contributed by atoms with E-state index in [9.17, 15) is 9.59 Å². The summed E-state index contributed by atoms with van der Waals surface area (Å²) in [4.78, 5) is 25.7. The summed E-state index contributed by atoms with van der Waals surface area (Å²) in [6.07, 6.45) is 3.33. The van der Waals surface area contributed by atoms with Crippen molar-refractivity contribution in [3.63, 3.8) is 0 Å². The zero-order valence-corrected chi connectivity index (χ0v) is 16.3. The number of hydrogen-bond acceptors (Lipinski definition) is 7. The van der Waals surface area contributed by atoms with Gasteiger partial charge in [0, 0.05) is 29.6 Å². The highest BCUT2D eigenvalue weighted by atomic mass is 35.5. The molecule has 3 aromatic heterocycles. The molecule has 0 radical (unpaired) electrons. The van der Waals surface area contributed by atoms with E-state index in [1.54, 1.807) is 18.5 Å². The number of amides is 1. The molecule has 1 amide bonds. The number of carbonyl (C=O) groups is 2. The largest absolute Gasteiger partial charge is 0.456 e. The van der Waals surface area contributed by atoms with Gasteiger partial charge in [0.2, 0.25) is 0 Å². The summed E-state index contributed by atoms with van der Waals surface area (Å²) in [7, 11) is 0. The second-order valence-electron chi connectivity index (χ2n) is 5.89. The molecule has 4 aromatic rings. The Bertz CT molecular complexity index is 1210. The SMILES string of the molecule is CC(=O)OCC(=O)Nc1nnc(-c2[nH]c3c(Cl)c(Cl)ccc3c2-c2cn[nH]c2)o1. The summed E-state index contributed by atoms with van der Waals surface area (Å²) in [6.45, 7) is 0.733. The van der Waals surface area contributed by atoms with E-state index in [4.69, 9.17) is 27.6 Å². The van der Waals surface area contributed by atoms with Crippen molar-refractivity contribution >= 4 is 52.0 Å². The van der Waals surface area contributed by atoms with Gasteiger partial charge < -0.3 is 14.1 Å². The molecule has 0 atom stereocenters. The molecule has 29 heavy (non-hydrogen) atoms. The minimum atomic E-state index is -0.614. The molecule has 0 spiro atoms. The van der Waals surface area contributed by atoms with Crippen LogP contribution < -0.4 is 5.32 Å². The van der Waals surface area contributed by atoms with E-state index < -0.39 is 18.5 Å². The number of esters is 1. The molecule has 0 unspecified atom stereocenters. The number of aromatic amines is 2. The van der Waals surface area contributed by atoms with Crippen LogP contribution >= 0.6 is 23.2 Å². The molecule has 0 saturated carbocycles. The number of anilines is 1. The average molecular weight is 435 g/mol. The third-order valence-corrected chi connectivity index (χ3v) is 4.75. The van der Waals surface area contributed by atoms with E-state index in [1.165, 1.54) is 6.92 Å². The third kappa shape index (κ3) is 3.67. The number of carbonyl (C=O) groups excluding carboxylic acids is 2. The minimum Gasteiger partial charge on any atom is -0.456 e. The number of aromatic nitrogens is 5. The van der Waals surface area contributed by atoms with Crippen LogP contribution in [-0.4, -0.2) is 43.9 Å². The zero-order valence-electron chi connectivity index (χ0n) is 14.7. The van der Waals surface area contributed by atoms with Crippen LogP contribution in [0.3, 0.4) is 0 Å². The molecule has 3 N–H and O–H groups in total. The Morgan fingerprint density at radius 3 is 2.83 bits per heavy atom. The fourth-order valence-electron chi connectivity index (χ4n) is 2.75. The fraction of sp³-hybridized carbons (Fsp3) is 0.118. The van der Waals surface area contributed by atoms with Crippen molar-refractivity contribution in [3.8, 4) is 22.7 Å². The quantitative estimate of drug-likeness (QED) is 0.408. The van der Waals surface area contributed by atoms with Gasteiger partial charge in [0.25, 0.3) is 11.8 Å². The number of ether oxygens (including phenoxy) is 1. The first-order chi connectivity index (χ1) is 13.9. The molecule has 12 heteroatoms. The van der Waals surface area contributed by atoms with Gasteiger partial charge in [0.05, 0.1) is 21.8 Å². The molecule has 0 fully saturated rings. The number of hydrogen-bond donors (Lipinski definition) is 3. The van der Waals surface area contributed by atoms with Crippen molar-refractivity contribution in [3.05, 3.63) is 34.6 Å². The van der Waals surface area contributed by atoms with Gasteiger partial charge in [-0.1, -0.05) is 34.4 Å². The molecular formula is C17H12Cl2N6O4. The molecule has 0 aliphatic heterocycles. The lowest BCUT2D eigenvalue weighted by molar-refractivity contribution is -0.145. The van der Waals surface area contributed by atoms with Crippen molar-refractivity contribution in [1.29, 1.82) is 0 Å². The first-order valence-electron chi connectivity index (χ1n) is 8.20. The summed E-state index contributed by atoms with van der Waals surface area (Å²) in [5.41, 5.74) is 2.53. The van der Waals surface area contributed by atoms with Crippen LogP contribution in [0, 0.1) is 0 Å². The van der Waals surface area contributed by atoms with Crippen LogP contribution in [0.4, 0.5) is 6.01 Å². The molecular weight excluding hydrogens is 423 g/mol. The lowest BCUT2D eigenvalue weighted by Gasteiger charge is -2.00. The van der Waals surface area contributed by atoms with Crippen molar-refractivity contribution in [2.24, 2.45) is 0 Å². The van der Waals surface area contributed by atoms with Crippen LogP contribution in [0.15, 0.2) is 28.9 Å². The Kier molecular flexibility index (Phi) is 4.95. The summed E-state index contributed by atoms with van der Waals surface area (Å²) < 4.78 is 10.2.